The highest BCUT2D eigenvalue weighted by atomic mass is 35.5. The number of anilines is 1. The van der Waals surface area contributed by atoms with E-state index >= 15 is 0 Å². The molecule has 0 saturated heterocycles. The molecule has 0 bridgehead atoms. The van der Waals surface area contributed by atoms with Crippen LogP contribution in [0.5, 0.6) is 11.5 Å². The van der Waals surface area contributed by atoms with Gasteiger partial charge in [-0.2, -0.15) is 10.4 Å². The van der Waals surface area contributed by atoms with Gasteiger partial charge in [-0.3, -0.25) is 9.78 Å². The number of hydrazone groups is 1. The van der Waals surface area contributed by atoms with E-state index in [1.54, 1.807) is 36.4 Å². The van der Waals surface area contributed by atoms with Crippen molar-refractivity contribution < 1.29 is 9.84 Å². The Morgan fingerprint density at radius 2 is 2.07 bits per heavy atom. The first-order valence-corrected chi connectivity index (χ1v) is 8.37. The highest BCUT2D eigenvalue weighted by Gasteiger charge is 2.13. The first kappa shape index (κ1) is 18.9. The van der Waals surface area contributed by atoms with Crippen LogP contribution in [0.15, 0.2) is 52.4 Å². The Balaban J connectivity index is 1.91. The van der Waals surface area contributed by atoms with E-state index < -0.39 is 5.56 Å². The van der Waals surface area contributed by atoms with E-state index in [0.717, 1.165) is 0 Å². The van der Waals surface area contributed by atoms with Crippen molar-refractivity contribution in [1.82, 2.24) is 9.97 Å². The summed E-state index contributed by atoms with van der Waals surface area (Å²) in [6.45, 7) is 0. The summed E-state index contributed by atoms with van der Waals surface area (Å²) in [6, 6.07) is 13.9. The molecule has 2 aromatic carbocycles. The molecule has 0 aliphatic carbocycles. The number of aromatic hydroxyl groups is 1. The van der Waals surface area contributed by atoms with E-state index in [0.29, 0.717) is 16.9 Å². The lowest BCUT2D eigenvalue weighted by Gasteiger charge is -2.07. The van der Waals surface area contributed by atoms with Crippen molar-refractivity contribution in [1.29, 1.82) is 5.26 Å². The summed E-state index contributed by atoms with van der Waals surface area (Å²) in [5.41, 5.74) is 3.08. The fraction of sp³-hybridized carbons (Fsp3) is 0.0526. The van der Waals surface area contributed by atoms with Crippen LogP contribution in [0.1, 0.15) is 11.1 Å². The normalized spacial score (nSPS) is 10.6. The zero-order valence-electron chi connectivity index (χ0n) is 14.6. The predicted octanol–water partition coefficient (Wildman–Crippen LogP) is 3.12. The standard InChI is InChI=1S/C19H14ClN5O3/c1-28-14-8-7-12(17(26)15(14)20)10-22-25-19-23-16(11-5-3-2-4-6-11)13(9-21)18(27)24-19/h2-8,10,26H,1H3,(H2,23,24,25,27). The number of aromatic amines is 1. The van der Waals surface area contributed by atoms with Gasteiger partial charge in [0.25, 0.3) is 5.56 Å². The Labute approximate surface area is 164 Å². The molecule has 0 unspecified atom stereocenters. The summed E-state index contributed by atoms with van der Waals surface area (Å²) in [5, 5.41) is 23.3. The van der Waals surface area contributed by atoms with Gasteiger partial charge in [0.2, 0.25) is 5.95 Å². The third kappa shape index (κ3) is 3.79. The molecule has 0 spiro atoms. The summed E-state index contributed by atoms with van der Waals surface area (Å²) in [6.07, 6.45) is 1.31. The lowest BCUT2D eigenvalue weighted by molar-refractivity contribution is 0.408. The highest BCUT2D eigenvalue weighted by Crippen LogP contribution is 2.35. The Morgan fingerprint density at radius 3 is 2.75 bits per heavy atom. The third-order valence-electron chi connectivity index (χ3n) is 3.78. The Hall–Kier alpha value is -3.83. The number of halogens is 1. The molecule has 3 N–H and O–H groups in total. The molecule has 0 aliphatic heterocycles. The monoisotopic (exact) mass is 395 g/mol. The van der Waals surface area contributed by atoms with Gasteiger partial charge in [0, 0.05) is 11.1 Å². The van der Waals surface area contributed by atoms with Crippen LogP contribution >= 0.6 is 11.6 Å². The number of methoxy groups -OCH3 is 1. The van der Waals surface area contributed by atoms with Crippen molar-refractivity contribution in [2.24, 2.45) is 5.10 Å². The second kappa shape index (κ2) is 8.24. The summed E-state index contributed by atoms with van der Waals surface area (Å²) < 4.78 is 5.02. The topological polar surface area (TPSA) is 123 Å². The van der Waals surface area contributed by atoms with Crippen molar-refractivity contribution in [2.45, 2.75) is 0 Å². The third-order valence-corrected chi connectivity index (χ3v) is 4.15. The second-order valence-electron chi connectivity index (χ2n) is 5.51. The van der Waals surface area contributed by atoms with E-state index in [1.165, 1.54) is 13.3 Å². The van der Waals surface area contributed by atoms with Crippen LogP contribution in [0.4, 0.5) is 5.95 Å². The van der Waals surface area contributed by atoms with Crippen LogP contribution in [-0.4, -0.2) is 28.4 Å². The fourth-order valence-corrected chi connectivity index (χ4v) is 2.67. The number of hydrogen-bond acceptors (Lipinski definition) is 7. The molecule has 1 aromatic heterocycles. The van der Waals surface area contributed by atoms with Gasteiger partial charge < -0.3 is 9.84 Å². The smallest absolute Gasteiger partial charge is 0.270 e. The van der Waals surface area contributed by atoms with Gasteiger partial charge in [-0.05, 0) is 12.1 Å². The molecule has 0 fully saturated rings. The number of hydrogen-bond donors (Lipinski definition) is 3. The maximum atomic E-state index is 12.2. The molecule has 3 rings (SSSR count). The van der Waals surface area contributed by atoms with Crippen molar-refractivity contribution >= 4 is 23.8 Å². The van der Waals surface area contributed by atoms with E-state index in [2.05, 4.69) is 20.5 Å². The lowest BCUT2D eigenvalue weighted by atomic mass is 10.1. The van der Waals surface area contributed by atoms with Gasteiger partial charge in [0.15, 0.2) is 0 Å². The molecule has 3 aromatic rings. The molecule has 28 heavy (non-hydrogen) atoms. The number of benzene rings is 2. The molecule has 1 heterocycles. The lowest BCUT2D eigenvalue weighted by Crippen LogP contribution is -2.16. The largest absolute Gasteiger partial charge is 0.506 e. The summed E-state index contributed by atoms with van der Waals surface area (Å²) in [4.78, 5) is 18.9. The van der Waals surface area contributed by atoms with Crippen molar-refractivity contribution in [2.75, 3.05) is 12.5 Å². The number of aromatic nitrogens is 2. The first-order valence-electron chi connectivity index (χ1n) is 7.99. The molecule has 9 heteroatoms. The molecular formula is C19H14ClN5O3. The van der Waals surface area contributed by atoms with Gasteiger partial charge in [-0.1, -0.05) is 41.9 Å². The zero-order valence-corrected chi connectivity index (χ0v) is 15.4. The number of phenols is 1. The fourth-order valence-electron chi connectivity index (χ4n) is 2.42. The van der Waals surface area contributed by atoms with Crippen LogP contribution in [0.2, 0.25) is 5.02 Å². The number of phenolic OH excluding ortho intramolecular Hbond substituents is 1. The van der Waals surface area contributed by atoms with E-state index in [4.69, 9.17) is 16.3 Å². The van der Waals surface area contributed by atoms with Crippen LogP contribution in [0.25, 0.3) is 11.3 Å². The van der Waals surface area contributed by atoms with Crippen molar-refractivity contribution in [3.8, 4) is 28.8 Å². The quantitative estimate of drug-likeness (QED) is 0.450. The van der Waals surface area contributed by atoms with Gasteiger partial charge in [-0.25, -0.2) is 10.4 Å². The summed E-state index contributed by atoms with van der Waals surface area (Å²) in [5.74, 6) is 0.172. The number of nitrogens with zero attached hydrogens (tertiary/aromatic N) is 3. The number of rotatable bonds is 5. The molecule has 140 valence electrons. The molecule has 0 radical (unpaired) electrons. The molecule has 8 nitrogen and oxygen atoms in total. The maximum Gasteiger partial charge on any atom is 0.270 e. The SMILES string of the molecule is COc1ccc(C=NNc2nc(-c3ccccc3)c(C#N)c(=O)[nH]2)c(O)c1Cl. The van der Waals surface area contributed by atoms with Gasteiger partial charge in [0.05, 0.1) is 19.0 Å². The van der Waals surface area contributed by atoms with Gasteiger partial charge >= 0.3 is 0 Å². The van der Waals surface area contributed by atoms with E-state index in [9.17, 15) is 15.2 Å². The Morgan fingerprint density at radius 1 is 1.32 bits per heavy atom. The van der Waals surface area contributed by atoms with Gasteiger partial charge in [0.1, 0.15) is 28.2 Å². The molecule has 0 atom stereocenters. The molecule has 0 aliphatic rings. The Kier molecular flexibility index (Phi) is 5.58. The minimum Gasteiger partial charge on any atom is -0.506 e. The van der Waals surface area contributed by atoms with Gasteiger partial charge in [-0.15, -0.1) is 0 Å². The minimum atomic E-state index is -0.593. The predicted molar refractivity (Wildman–Crippen MR) is 106 cm³/mol. The van der Waals surface area contributed by atoms with Crippen LogP contribution in [0.3, 0.4) is 0 Å². The van der Waals surface area contributed by atoms with E-state index in [1.807, 2.05) is 12.1 Å². The highest BCUT2D eigenvalue weighted by molar-refractivity contribution is 6.34. The zero-order chi connectivity index (χ0) is 20.1. The number of nitrogens with one attached hydrogen (secondary N) is 2. The van der Waals surface area contributed by atoms with Crippen LogP contribution < -0.4 is 15.7 Å². The number of nitriles is 1. The van der Waals surface area contributed by atoms with Crippen molar-refractivity contribution in [3.63, 3.8) is 0 Å². The van der Waals surface area contributed by atoms with Crippen LogP contribution in [-0.2, 0) is 0 Å². The number of H-pyrrole nitrogens is 1. The molecular weight excluding hydrogens is 382 g/mol. The van der Waals surface area contributed by atoms with Crippen molar-refractivity contribution in [3.05, 3.63) is 69.0 Å². The maximum absolute atomic E-state index is 12.2. The number of ether oxygens (including phenoxy) is 1. The first-order chi connectivity index (χ1) is 13.5. The Bertz CT molecular complexity index is 1140. The average Bonchev–Trinajstić information content (AvgIpc) is 2.71. The van der Waals surface area contributed by atoms with E-state index in [-0.39, 0.29) is 28.0 Å². The van der Waals surface area contributed by atoms with Crippen LogP contribution in [0, 0.1) is 11.3 Å². The minimum absolute atomic E-state index is 0.0400. The average molecular weight is 396 g/mol. The molecule has 0 amide bonds. The second-order valence-corrected chi connectivity index (χ2v) is 5.88. The molecule has 0 saturated carbocycles. The summed E-state index contributed by atoms with van der Waals surface area (Å²) in [7, 11) is 1.44. The summed E-state index contributed by atoms with van der Waals surface area (Å²) >= 11 is 5.99.